The van der Waals surface area contributed by atoms with Crippen LogP contribution in [0.3, 0.4) is 0 Å². The molecular formula is C12H17N2O. The molecule has 0 aliphatic rings. The average molecular weight is 205 g/mol. The molecule has 0 N–H and O–H groups in total. The summed E-state index contributed by atoms with van der Waals surface area (Å²) < 4.78 is 0. The van der Waals surface area contributed by atoms with E-state index in [0.29, 0.717) is 5.56 Å². The Kier molecular flexibility index (Phi) is 3.83. The van der Waals surface area contributed by atoms with Gasteiger partial charge < -0.3 is 4.90 Å². The van der Waals surface area contributed by atoms with Crippen molar-refractivity contribution < 1.29 is 4.79 Å². The predicted molar refractivity (Wildman–Crippen MR) is 59.5 cm³/mol. The summed E-state index contributed by atoms with van der Waals surface area (Å²) in [6, 6.07) is 4.94. The Labute approximate surface area is 91.1 Å². The molecule has 0 atom stereocenters. The molecule has 0 aromatic carbocycles. The first-order valence-electron chi connectivity index (χ1n) is 5.18. The molecule has 1 aromatic heterocycles. The number of aromatic nitrogens is 1. The third-order valence-corrected chi connectivity index (χ3v) is 2.20. The molecule has 0 spiro atoms. The monoisotopic (exact) mass is 205 g/mol. The summed E-state index contributed by atoms with van der Waals surface area (Å²) in [5.41, 5.74) is 0.576. The molecule has 0 aliphatic carbocycles. The molecule has 0 bridgehead atoms. The summed E-state index contributed by atoms with van der Waals surface area (Å²) in [4.78, 5) is 17.8. The second-order valence-corrected chi connectivity index (χ2v) is 4.05. The maximum absolute atomic E-state index is 12.1. The lowest BCUT2D eigenvalue weighted by Crippen LogP contribution is -2.42. The maximum Gasteiger partial charge on any atom is 0.255 e. The van der Waals surface area contributed by atoms with Crippen LogP contribution in [0.2, 0.25) is 0 Å². The molecule has 0 aliphatic heterocycles. The molecule has 1 heterocycles. The van der Waals surface area contributed by atoms with E-state index in [-0.39, 0.29) is 18.0 Å². The summed E-state index contributed by atoms with van der Waals surface area (Å²) in [7, 11) is 0. The van der Waals surface area contributed by atoms with Crippen molar-refractivity contribution in [3.05, 3.63) is 30.1 Å². The Hall–Kier alpha value is -1.38. The molecule has 1 rings (SSSR count). The predicted octanol–water partition coefficient (Wildman–Crippen LogP) is 2.14. The maximum atomic E-state index is 12.1. The minimum atomic E-state index is 0.0161. The lowest BCUT2D eigenvalue weighted by atomic mass is 10.1. The highest BCUT2D eigenvalue weighted by Crippen LogP contribution is 2.10. The smallest absolute Gasteiger partial charge is 0.255 e. The zero-order valence-corrected chi connectivity index (χ0v) is 9.69. The highest BCUT2D eigenvalue weighted by Gasteiger charge is 2.21. The fraction of sp³-hybridized carbons (Fsp3) is 0.500. The summed E-state index contributed by atoms with van der Waals surface area (Å²) in [5.74, 6) is 0.0161. The van der Waals surface area contributed by atoms with Crippen LogP contribution in [-0.2, 0) is 0 Å². The van der Waals surface area contributed by atoms with Crippen LogP contribution in [0.15, 0.2) is 18.5 Å². The quantitative estimate of drug-likeness (QED) is 0.757. The molecule has 0 unspecified atom stereocenters. The van der Waals surface area contributed by atoms with E-state index in [1.165, 1.54) is 6.20 Å². The van der Waals surface area contributed by atoms with Crippen LogP contribution >= 0.6 is 0 Å². The lowest BCUT2D eigenvalue weighted by molar-refractivity contribution is 0.0643. The van der Waals surface area contributed by atoms with Gasteiger partial charge in [-0.05, 0) is 33.8 Å². The molecule has 0 saturated heterocycles. The van der Waals surface area contributed by atoms with Crippen LogP contribution in [0.4, 0.5) is 0 Å². The third-order valence-electron chi connectivity index (χ3n) is 2.20. The molecule has 0 fully saturated rings. The minimum absolute atomic E-state index is 0.0161. The Morgan fingerprint density at radius 3 is 2.33 bits per heavy atom. The van der Waals surface area contributed by atoms with Gasteiger partial charge in [0.15, 0.2) is 0 Å². The molecule has 15 heavy (non-hydrogen) atoms. The van der Waals surface area contributed by atoms with Gasteiger partial charge in [0.25, 0.3) is 5.91 Å². The first-order chi connectivity index (χ1) is 7.04. The van der Waals surface area contributed by atoms with E-state index in [1.54, 1.807) is 12.3 Å². The summed E-state index contributed by atoms with van der Waals surface area (Å²) >= 11 is 0. The number of amides is 1. The van der Waals surface area contributed by atoms with E-state index in [4.69, 9.17) is 0 Å². The van der Waals surface area contributed by atoms with Crippen molar-refractivity contribution >= 4 is 5.91 Å². The Bertz CT molecular complexity index is 312. The summed E-state index contributed by atoms with van der Waals surface area (Å²) in [6.07, 6.45) is 3.13. The van der Waals surface area contributed by atoms with E-state index in [2.05, 4.69) is 11.1 Å². The van der Waals surface area contributed by atoms with Crippen LogP contribution in [0.5, 0.6) is 0 Å². The fourth-order valence-electron chi connectivity index (χ4n) is 1.65. The van der Waals surface area contributed by atoms with Gasteiger partial charge in [0, 0.05) is 30.5 Å². The molecule has 0 saturated carbocycles. The van der Waals surface area contributed by atoms with Gasteiger partial charge in [0.05, 0.1) is 5.56 Å². The average Bonchev–Trinajstić information content (AvgIpc) is 2.18. The number of rotatable bonds is 3. The van der Waals surface area contributed by atoms with Crippen molar-refractivity contribution in [1.29, 1.82) is 0 Å². The number of carbonyl (C=O) groups is 1. The molecule has 3 heteroatoms. The highest BCUT2D eigenvalue weighted by molar-refractivity contribution is 5.94. The fourth-order valence-corrected chi connectivity index (χ4v) is 1.65. The van der Waals surface area contributed by atoms with Gasteiger partial charge in [-0.3, -0.25) is 9.78 Å². The number of nitrogens with zero attached hydrogens (tertiary/aromatic N) is 2. The number of hydrogen-bond donors (Lipinski definition) is 0. The summed E-state index contributed by atoms with van der Waals surface area (Å²) in [5, 5.41) is 0. The molecule has 3 nitrogen and oxygen atoms in total. The lowest BCUT2D eigenvalue weighted by Gasteiger charge is -2.30. The molecular weight excluding hydrogens is 188 g/mol. The Balaban J connectivity index is 2.92. The first-order valence-corrected chi connectivity index (χ1v) is 5.18. The van der Waals surface area contributed by atoms with Crippen molar-refractivity contribution in [2.45, 2.75) is 39.8 Å². The number of carbonyl (C=O) groups excluding carboxylic acids is 1. The van der Waals surface area contributed by atoms with Crippen LogP contribution in [-0.4, -0.2) is 27.9 Å². The van der Waals surface area contributed by atoms with Gasteiger partial charge in [-0.15, -0.1) is 0 Å². The minimum Gasteiger partial charge on any atom is -0.334 e. The van der Waals surface area contributed by atoms with E-state index >= 15 is 0 Å². The van der Waals surface area contributed by atoms with Gasteiger partial charge >= 0.3 is 0 Å². The molecule has 1 aromatic rings. The van der Waals surface area contributed by atoms with Crippen molar-refractivity contribution in [3.63, 3.8) is 0 Å². The molecule has 81 valence electrons. The second-order valence-electron chi connectivity index (χ2n) is 4.05. The standard InChI is InChI=1S/C12H17N2O/c1-9(2)14(10(3)4)12(15)11-5-7-13-8-6-11/h5,7-10H,1-4H3. The third kappa shape index (κ3) is 2.78. The van der Waals surface area contributed by atoms with Crippen molar-refractivity contribution in [3.8, 4) is 0 Å². The van der Waals surface area contributed by atoms with Gasteiger partial charge in [-0.2, -0.15) is 0 Å². The zero-order valence-electron chi connectivity index (χ0n) is 9.69. The van der Waals surface area contributed by atoms with Crippen molar-refractivity contribution in [2.75, 3.05) is 0 Å². The van der Waals surface area contributed by atoms with Crippen molar-refractivity contribution in [2.24, 2.45) is 0 Å². The largest absolute Gasteiger partial charge is 0.334 e. The normalized spacial score (nSPS) is 10.8. The van der Waals surface area contributed by atoms with Crippen LogP contribution in [0.25, 0.3) is 0 Å². The highest BCUT2D eigenvalue weighted by atomic mass is 16.2. The van der Waals surface area contributed by atoms with Crippen LogP contribution < -0.4 is 0 Å². The Morgan fingerprint density at radius 1 is 1.33 bits per heavy atom. The number of pyridine rings is 1. The van der Waals surface area contributed by atoms with Gasteiger partial charge in [-0.1, -0.05) is 0 Å². The SMILES string of the molecule is CC(C)N(C(=O)c1[c]cncc1)C(C)C. The van der Waals surface area contributed by atoms with E-state index in [1.807, 2.05) is 32.6 Å². The van der Waals surface area contributed by atoms with Crippen LogP contribution in [0, 0.1) is 6.07 Å². The zero-order chi connectivity index (χ0) is 11.4. The van der Waals surface area contributed by atoms with Gasteiger partial charge in [-0.25, -0.2) is 0 Å². The summed E-state index contributed by atoms with van der Waals surface area (Å²) in [6.45, 7) is 8.05. The van der Waals surface area contributed by atoms with E-state index < -0.39 is 0 Å². The van der Waals surface area contributed by atoms with E-state index in [9.17, 15) is 4.79 Å². The molecule has 1 radical (unpaired) electrons. The van der Waals surface area contributed by atoms with Crippen molar-refractivity contribution in [1.82, 2.24) is 9.88 Å². The van der Waals surface area contributed by atoms with E-state index in [0.717, 1.165) is 0 Å². The molecule has 1 amide bonds. The van der Waals surface area contributed by atoms with Crippen LogP contribution in [0.1, 0.15) is 38.1 Å². The first kappa shape index (κ1) is 11.7. The van der Waals surface area contributed by atoms with Gasteiger partial charge in [0.2, 0.25) is 0 Å². The van der Waals surface area contributed by atoms with Gasteiger partial charge in [0.1, 0.15) is 0 Å². The number of hydrogen-bond acceptors (Lipinski definition) is 2. The Morgan fingerprint density at radius 2 is 1.93 bits per heavy atom. The second kappa shape index (κ2) is 4.91. The topological polar surface area (TPSA) is 33.2 Å².